The molecule has 2 unspecified atom stereocenters. The predicted molar refractivity (Wildman–Crippen MR) is 81.8 cm³/mol. The van der Waals surface area contributed by atoms with Crippen LogP contribution in [-0.2, 0) is 13.0 Å². The molecule has 0 aliphatic heterocycles. The molecule has 106 valence electrons. The van der Waals surface area contributed by atoms with Crippen LogP contribution >= 0.6 is 0 Å². The molecule has 0 bridgehead atoms. The van der Waals surface area contributed by atoms with Crippen LogP contribution in [0.1, 0.15) is 54.9 Å². The minimum Gasteiger partial charge on any atom is -0.388 e. The van der Waals surface area contributed by atoms with Gasteiger partial charge in [-0.05, 0) is 48.4 Å². The summed E-state index contributed by atoms with van der Waals surface area (Å²) in [4.78, 5) is 0. The number of aromatic nitrogens is 1. The molecule has 20 heavy (non-hydrogen) atoms. The molecule has 1 aromatic carbocycles. The third-order valence-corrected chi connectivity index (χ3v) is 4.47. The zero-order valence-corrected chi connectivity index (χ0v) is 12.1. The van der Waals surface area contributed by atoms with Gasteiger partial charge in [-0.3, -0.25) is 0 Å². The average Bonchev–Trinajstić information content (AvgIpc) is 2.95. The number of aliphatic hydroxyl groups excluding tert-OH is 1. The molecule has 1 N–H and O–H groups in total. The Morgan fingerprint density at radius 3 is 3.00 bits per heavy atom. The van der Waals surface area contributed by atoms with Gasteiger partial charge in [-0.15, -0.1) is 0 Å². The van der Waals surface area contributed by atoms with Crippen LogP contribution in [-0.4, -0.2) is 9.67 Å². The maximum atomic E-state index is 9.89. The Morgan fingerprint density at radius 1 is 1.30 bits per heavy atom. The minimum absolute atomic E-state index is 0.324. The highest BCUT2D eigenvalue weighted by Crippen LogP contribution is 2.33. The standard InChI is InChI=1S/C18H23NO/c1-2-18(20)16-10-11-19(13-16)12-15-8-5-7-14-6-3-4-9-17(14)15/h3-4,6,9-11,13,15,18,20H,2,5,7-8,12H2,1H3. The zero-order chi connectivity index (χ0) is 13.9. The molecule has 2 nitrogen and oxygen atoms in total. The summed E-state index contributed by atoms with van der Waals surface area (Å²) in [5, 5.41) is 9.89. The van der Waals surface area contributed by atoms with E-state index in [1.54, 1.807) is 0 Å². The van der Waals surface area contributed by atoms with Gasteiger partial charge in [-0.2, -0.15) is 0 Å². The molecule has 0 saturated heterocycles. The molecule has 0 spiro atoms. The van der Waals surface area contributed by atoms with Crippen molar-refractivity contribution >= 4 is 0 Å². The third-order valence-electron chi connectivity index (χ3n) is 4.47. The Labute approximate surface area is 121 Å². The van der Waals surface area contributed by atoms with Gasteiger partial charge in [-0.1, -0.05) is 31.2 Å². The van der Waals surface area contributed by atoms with Crippen LogP contribution in [0.4, 0.5) is 0 Å². The Hall–Kier alpha value is -1.54. The highest BCUT2D eigenvalue weighted by Gasteiger charge is 2.20. The number of nitrogens with zero attached hydrogens (tertiary/aromatic N) is 1. The van der Waals surface area contributed by atoms with E-state index in [4.69, 9.17) is 0 Å². The van der Waals surface area contributed by atoms with Crippen molar-refractivity contribution in [1.29, 1.82) is 0 Å². The van der Waals surface area contributed by atoms with E-state index < -0.39 is 0 Å². The molecule has 1 aliphatic carbocycles. The van der Waals surface area contributed by atoms with Crippen molar-refractivity contribution < 1.29 is 5.11 Å². The Bertz CT molecular complexity index is 572. The van der Waals surface area contributed by atoms with Gasteiger partial charge in [0, 0.05) is 24.9 Å². The van der Waals surface area contributed by atoms with Crippen LogP contribution < -0.4 is 0 Å². The molecule has 0 radical (unpaired) electrons. The molecule has 0 amide bonds. The summed E-state index contributed by atoms with van der Waals surface area (Å²) in [6.07, 6.45) is 8.43. The lowest BCUT2D eigenvalue weighted by atomic mass is 9.83. The molecule has 2 heteroatoms. The first-order valence-corrected chi connectivity index (χ1v) is 7.69. The van der Waals surface area contributed by atoms with Crippen molar-refractivity contribution in [3.63, 3.8) is 0 Å². The van der Waals surface area contributed by atoms with Gasteiger partial charge in [-0.25, -0.2) is 0 Å². The molecular formula is C18H23NO. The lowest BCUT2D eigenvalue weighted by Crippen LogP contribution is -2.14. The normalized spacial score (nSPS) is 19.6. The maximum absolute atomic E-state index is 9.89. The smallest absolute Gasteiger partial charge is 0.0802 e. The highest BCUT2D eigenvalue weighted by molar-refractivity contribution is 5.32. The Morgan fingerprint density at radius 2 is 2.15 bits per heavy atom. The number of benzene rings is 1. The van der Waals surface area contributed by atoms with Crippen molar-refractivity contribution in [3.8, 4) is 0 Å². The van der Waals surface area contributed by atoms with Crippen LogP contribution in [0.5, 0.6) is 0 Å². The molecule has 1 heterocycles. The second-order valence-corrected chi connectivity index (χ2v) is 5.85. The molecule has 3 rings (SSSR count). The number of hydrogen-bond donors (Lipinski definition) is 1. The van der Waals surface area contributed by atoms with Crippen LogP contribution in [0.15, 0.2) is 42.7 Å². The first kappa shape index (κ1) is 13.4. The van der Waals surface area contributed by atoms with Crippen LogP contribution in [0.3, 0.4) is 0 Å². The first-order chi connectivity index (χ1) is 9.78. The van der Waals surface area contributed by atoms with E-state index in [9.17, 15) is 5.11 Å². The largest absolute Gasteiger partial charge is 0.388 e. The number of rotatable bonds is 4. The molecular weight excluding hydrogens is 246 g/mol. The fraction of sp³-hybridized carbons (Fsp3) is 0.444. The van der Waals surface area contributed by atoms with E-state index in [0.717, 1.165) is 18.5 Å². The summed E-state index contributed by atoms with van der Waals surface area (Å²) >= 11 is 0. The summed E-state index contributed by atoms with van der Waals surface area (Å²) in [6.45, 7) is 3.03. The molecule has 1 aromatic heterocycles. The van der Waals surface area contributed by atoms with Crippen molar-refractivity contribution in [2.75, 3.05) is 0 Å². The quantitative estimate of drug-likeness (QED) is 0.890. The van der Waals surface area contributed by atoms with Crippen molar-refractivity contribution in [1.82, 2.24) is 4.57 Å². The Balaban J connectivity index is 1.77. The summed E-state index contributed by atoms with van der Waals surface area (Å²) in [5.41, 5.74) is 4.08. The number of fused-ring (bicyclic) bond motifs is 1. The molecule has 0 fully saturated rings. The first-order valence-electron chi connectivity index (χ1n) is 7.69. The lowest BCUT2D eigenvalue weighted by molar-refractivity contribution is 0.173. The van der Waals surface area contributed by atoms with Crippen molar-refractivity contribution in [3.05, 3.63) is 59.4 Å². The fourth-order valence-corrected chi connectivity index (χ4v) is 3.30. The second kappa shape index (κ2) is 5.84. The van der Waals surface area contributed by atoms with Gasteiger partial charge in [0.05, 0.1) is 6.10 Å². The minimum atomic E-state index is -0.324. The maximum Gasteiger partial charge on any atom is 0.0802 e. The van der Waals surface area contributed by atoms with Gasteiger partial charge in [0.2, 0.25) is 0 Å². The van der Waals surface area contributed by atoms with Gasteiger partial charge in [0.25, 0.3) is 0 Å². The van der Waals surface area contributed by atoms with E-state index >= 15 is 0 Å². The average molecular weight is 269 g/mol. The monoisotopic (exact) mass is 269 g/mol. The molecule has 0 saturated carbocycles. The van der Waals surface area contributed by atoms with Crippen molar-refractivity contribution in [2.24, 2.45) is 0 Å². The summed E-state index contributed by atoms with van der Waals surface area (Å²) in [5.74, 6) is 0.610. The number of aliphatic hydroxyl groups is 1. The fourth-order valence-electron chi connectivity index (χ4n) is 3.30. The summed E-state index contributed by atoms with van der Waals surface area (Å²) in [7, 11) is 0. The van der Waals surface area contributed by atoms with Crippen molar-refractivity contribution in [2.45, 2.75) is 51.2 Å². The van der Waals surface area contributed by atoms with E-state index in [2.05, 4.69) is 41.2 Å². The van der Waals surface area contributed by atoms with Gasteiger partial charge in [0.15, 0.2) is 0 Å². The Kier molecular flexibility index (Phi) is 3.93. The highest BCUT2D eigenvalue weighted by atomic mass is 16.3. The van der Waals surface area contributed by atoms with Crippen LogP contribution in [0, 0.1) is 0 Å². The third kappa shape index (κ3) is 2.66. The topological polar surface area (TPSA) is 25.2 Å². The number of hydrogen-bond acceptors (Lipinski definition) is 1. The number of aryl methyl sites for hydroxylation is 1. The lowest BCUT2D eigenvalue weighted by Gasteiger charge is -2.25. The van der Waals surface area contributed by atoms with E-state index in [0.29, 0.717) is 5.92 Å². The SMILES string of the molecule is CCC(O)c1ccn(CC2CCCc3ccccc32)c1. The van der Waals surface area contributed by atoms with Crippen LogP contribution in [0.25, 0.3) is 0 Å². The summed E-state index contributed by atoms with van der Waals surface area (Å²) < 4.78 is 2.24. The molecule has 2 atom stereocenters. The zero-order valence-electron chi connectivity index (χ0n) is 12.1. The van der Waals surface area contributed by atoms with Gasteiger partial charge < -0.3 is 9.67 Å². The summed E-state index contributed by atoms with van der Waals surface area (Å²) in [6, 6.07) is 10.9. The molecule has 2 aromatic rings. The van der Waals surface area contributed by atoms with Crippen LogP contribution in [0.2, 0.25) is 0 Å². The predicted octanol–water partition coefficient (Wildman–Crippen LogP) is 4.05. The molecule has 1 aliphatic rings. The van der Waals surface area contributed by atoms with E-state index in [1.807, 2.05) is 13.0 Å². The van der Waals surface area contributed by atoms with Gasteiger partial charge in [0.1, 0.15) is 0 Å². The van der Waals surface area contributed by atoms with E-state index in [-0.39, 0.29) is 6.10 Å². The van der Waals surface area contributed by atoms with E-state index in [1.165, 1.54) is 30.4 Å². The second-order valence-electron chi connectivity index (χ2n) is 5.85. The van der Waals surface area contributed by atoms with Gasteiger partial charge >= 0.3 is 0 Å².